The fourth-order valence-corrected chi connectivity index (χ4v) is 3.22. The molecule has 0 spiro atoms. The van der Waals surface area contributed by atoms with Crippen LogP contribution in [0, 0.1) is 5.41 Å². The lowest BCUT2D eigenvalue weighted by atomic mass is 9.99. The zero-order chi connectivity index (χ0) is 14.4. The van der Waals surface area contributed by atoms with Gasteiger partial charge in [0.2, 0.25) is 0 Å². The van der Waals surface area contributed by atoms with Gasteiger partial charge in [0.05, 0.1) is 5.84 Å². The molecule has 4 nitrogen and oxygen atoms in total. The van der Waals surface area contributed by atoms with E-state index in [1.807, 2.05) is 18.2 Å². The summed E-state index contributed by atoms with van der Waals surface area (Å²) in [4.78, 5) is 2.48. The van der Waals surface area contributed by atoms with Gasteiger partial charge >= 0.3 is 0 Å². The second-order valence-corrected chi connectivity index (χ2v) is 5.56. The number of nitrogens with two attached hydrogens (primary N) is 1. The molecule has 1 aromatic rings. The highest BCUT2D eigenvalue weighted by atomic mass is 16.2. The first kappa shape index (κ1) is 15.0. The Morgan fingerprint density at radius 2 is 2.15 bits per heavy atom. The van der Waals surface area contributed by atoms with Gasteiger partial charge in [-0.25, -0.2) is 0 Å². The van der Waals surface area contributed by atoms with E-state index >= 15 is 0 Å². The van der Waals surface area contributed by atoms with E-state index in [0.717, 1.165) is 19.4 Å². The number of nitrogens with zero attached hydrogens (tertiary/aromatic N) is 1. The fraction of sp³-hybridized carbons (Fsp3) is 0.562. The Morgan fingerprint density at radius 3 is 2.80 bits per heavy atom. The maximum Gasteiger partial charge on any atom is 0.0924 e. The summed E-state index contributed by atoms with van der Waals surface area (Å²) in [6.45, 7) is 1.32. The number of aliphatic hydroxyl groups excluding tert-OH is 1. The minimum atomic E-state index is 0.194. The van der Waals surface area contributed by atoms with Gasteiger partial charge in [0.1, 0.15) is 0 Å². The van der Waals surface area contributed by atoms with E-state index in [2.05, 4.69) is 17.0 Å². The molecule has 2 unspecified atom stereocenters. The van der Waals surface area contributed by atoms with Crippen LogP contribution in [0.3, 0.4) is 0 Å². The molecule has 4 heteroatoms. The first-order chi connectivity index (χ1) is 9.72. The average Bonchev–Trinajstić information content (AvgIpc) is 2.91. The van der Waals surface area contributed by atoms with Gasteiger partial charge in [-0.1, -0.05) is 30.3 Å². The highest BCUT2D eigenvalue weighted by Crippen LogP contribution is 2.33. The molecule has 1 heterocycles. The average molecular weight is 275 g/mol. The van der Waals surface area contributed by atoms with Gasteiger partial charge in [-0.15, -0.1) is 0 Å². The molecule has 1 aromatic carbocycles. The number of benzene rings is 1. The number of rotatable bonds is 7. The monoisotopic (exact) mass is 275 g/mol. The summed E-state index contributed by atoms with van der Waals surface area (Å²) >= 11 is 0. The summed E-state index contributed by atoms with van der Waals surface area (Å²) in [6, 6.07) is 11.0. The molecule has 0 aliphatic carbocycles. The van der Waals surface area contributed by atoms with Crippen molar-refractivity contribution in [1.29, 1.82) is 5.41 Å². The van der Waals surface area contributed by atoms with Crippen molar-refractivity contribution in [2.75, 3.05) is 13.2 Å². The van der Waals surface area contributed by atoms with Crippen LogP contribution in [0.4, 0.5) is 0 Å². The minimum absolute atomic E-state index is 0.194. The molecular formula is C16H25N3O. The number of aliphatic hydroxyl groups is 1. The van der Waals surface area contributed by atoms with Crippen LogP contribution >= 0.6 is 0 Å². The van der Waals surface area contributed by atoms with E-state index in [-0.39, 0.29) is 18.5 Å². The van der Waals surface area contributed by atoms with Gasteiger partial charge in [0, 0.05) is 25.1 Å². The number of hydrogen-bond donors (Lipinski definition) is 3. The molecule has 1 aliphatic heterocycles. The Bertz CT molecular complexity index is 421. The zero-order valence-corrected chi connectivity index (χ0v) is 12.0. The van der Waals surface area contributed by atoms with Gasteiger partial charge in [-0.05, 0) is 37.8 Å². The number of likely N-dealkylation sites (tertiary alicyclic amines) is 1. The molecule has 2 atom stereocenters. The van der Waals surface area contributed by atoms with Crippen LogP contribution in [0.2, 0.25) is 0 Å². The smallest absolute Gasteiger partial charge is 0.0924 e. The number of hydrogen-bond acceptors (Lipinski definition) is 3. The highest BCUT2D eigenvalue weighted by molar-refractivity contribution is 5.77. The lowest BCUT2D eigenvalue weighted by Gasteiger charge is -2.33. The van der Waals surface area contributed by atoms with Gasteiger partial charge in [-0.3, -0.25) is 10.3 Å². The minimum Gasteiger partial charge on any atom is -0.396 e. The van der Waals surface area contributed by atoms with Crippen LogP contribution in [0.25, 0.3) is 0 Å². The summed E-state index contributed by atoms with van der Waals surface area (Å²) in [5.41, 5.74) is 6.90. The SMILES string of the molecule is N=C(N)CC(c1ccccc1)N1CCCC1CCCO. The largest absolute Gasteiger partial charge is 0.396 e. The third-order valence-corrected chi connectivity index (χ3v) is 4.12. The van der Waals surface area contributed by atoms with E-state index in [4.69, 9.17) is 16.2 Å². The summed E-state index contributed by atoms with van der Waals surface area (Å²) in [6.07, 6.45) is 4.83. The van der Waals surface area contributed by atoms with E-state index in [0.29, 0.717) is 12.5 Å². The van der Waals surface area contributed by atoms with Crippen molar-refractivity contribution in [3.05, 3.63) is 35.9 Å². The van der Waals surface area contributed by atoms with Crippen LogP contribution in [0.5, 0.6) is 0 Å². The van der Waals surface area contributed by atoms with E-state index < -0.39 is 0 Å². The highest BCUT2D eigenvalue weighted by Gasteiger charge is 2.31. The molecular weight excluding hydrogens is 250 g/mol. The Hall–Kier alpha value is -1.39. The van der Waals surface area contributed by atoms with Crippen LogP contribution in [0.1, 0.15) is 43.7 Å². The Kier molecular flexibility index (Phi) is 5.56. The Morgan fingerprint density at radius 1 is 1.40 bits per heavy atom. The molecule has 1 aliphatic rings. The molecule has 0 aromatic heterocycles. The first-order valence-corrected chi connectivity index (χ1v) is 7.47. The second kappa shape index (κ2) is 7.41. The molecule has 1 fully saturated rings. The van der Waals surface area contributed by atoms with Gasteiger partial charge < -0.3 is 10.8 Å². The molecule has 0 amide bonds. The van der Waals surface area contributed by atoms with E-state index in [9.17, 15) is 0 Å². The first-order valence-electron chi connectivity index (χ1n) is 7.47. The Labute approximate surface area is 121 Å². The Balaban J connectivity index is 2.15. The number of amidine groups is 1. The normalized spacial score (nSPS) is 20.9. The van der Waals surface area contributed by atoms with Crippen molar-refractivity contribution in [2.24, 2.45) is 5.73 Å². The van der Waals surface area contributed by atoms with Crippen molar-refractivity contribution >= 4 is 5.84 Å². The third-order valence-electron chi connectivity index (χ3n) is 4.12. The molecule has 0 bridgehead atoms. The lowest BCUT2D eigenvalue weighted by molar-refractivity contribution is 0.164. The lowest BCUT2D eigenvalue weighted by Crippen LogP contribution is -2.35. The zero-order valence-electron chi connectivity index (χ0n) is 12.0. The predicted octanol–water partition coefficient (Wildman–Crippen LogP) is 2.29. The fourth-order valence-electron chi connectivity index (χ4n) is 3.22. The van der Waals surface area contributed by atoms with Gasteiger partial charge in [0.15, 0.2) is 0 Å². The quantitative estimate of drug-likeness (QED) is 0.528. The standard InChI is InChI=1S/C16H25N3O/c17-16(18)12-15(13-6-2-1-3-7-13)19-10-4-8-14(19)9-5-11-20/h1-3,6-7,14-15,20H,4-5,8-12H2,(H3,17,18). The number of nitrogens with one attached hydrogen (secondary N) is 1. The van der Waals surface area contributed by atoms with Gasteiger partial charge in [0.25, 0.3) is 0 Å². The van der Waals surface area contributed by atoms with Crippen LogP contribution < -0.4 is 5.73 Å². The van der Waals surface area contributed by atoms with Crippen molar-refractivity contribution < 1.29 is 5.11 Å². The van der Waals surface area contributed by atoms with Crippen LogP contribution in [-0.4, -0.2) is 35.0 Å². The third kappa shape index (κ3) is 3.81. The molecule has 1 saturated heterocycles. The summed E-state index contributed by atoms with van der Waals surface area (Å²) < 4.78 is 0. The van der Waals surface area contributed by atoms with Crippen LogP contribution in [-0.2, 0) is 0 Å². The van der Waals surface area contributed by atoms with Gasteiger partial charge in [-0.2, -0.15) is 0 Å². The molecule has 0 radical (unpaired) electrons. The topological polar surface area (TPSA) is 73.3 Å². The predicted molar refractivity (Wildman–Crippen MR) is 81.8 cm³/mol. The maximum absolute atomic E-state index is 9.04. The maximum atomic E-state index is 9.04. The van der Waals surface area contributed by atoms with Crippen molar-refractivity contribution in [1.82, 2.24) is 4.90 Å². The molecule has 0 saturated carbocycles. The van der Waals surface area contributed by atoms with Crippen LogP contribution in [0.15, 0.2) is 30.3 Å². The van der Waals surface area contributed by atoms with E-state index in [1.165, 1.54) is 18.4 Å². The molecule has 4 N–H and O–H groups in total. The second-order valence-electron chi connectivity index (χ2n) is 5.56. The summed E-state index contributed by atoms with van der Waals surface area (Å²) in [7, 11) is 0. The molecule has 20 heavy (non-hydrogen) atoms. The summed E-state index contributed by atoms with van der Waals surface area (Å²) in [5, 5.41) is 16.7. The van der Waals surface area contributed by atoms with Crippen molar-refractivity contribution in [2.45, 2.75) is 44.2 Å². The van der Waals surface area contributed by atoms with E-state index in [1.54, 1.807) is 0 Å². The summed E-state index contributed by atoms with van der Waals surface area (Å²) in [5.74, 6) is 0.242. The molecule has 2 rings (SSSR count). The van der Waals surface area contributed by atoms with Crippen molar-refractivity contribution in [3.63, 3.8) is 0 Å². The van der Waals surface area contributed by atoms with Crippen molar-refractivity contribution in [3.8, 4) is 0 Å². The molecule has 110 valence electrons.